The van der Waals surface area contributed by atoms with Crippen molar-refractivity contribution in [2.45, 2.75) is 32.2 Å². The molecule has 1 N–H and O–H groups in total. The molecule has 5 nitrogen and oxygen atoms in total. The smallest absolute Gasteiger partial charge is 0.244 e. The molecule has 1 aromatic heterocycles. The Hall–Kier alpha value is -1.88. The second kappa shape index (κ2) is 5.63. The summed E-state index contributed by atoms with van der Waals surface area (Å²) in [6.07, 6.45) is 3.48. The highest BCUT2D eigenvalue weighted by Crippen LogP contribution is 2.27. The lowest BCUT2D eigenvalue weighted by Gasteiger charge is -2.19. The number of methoxy groups -OCH3 is 1. The van der Waals surface area contributed by atoms with E-state index in [4.69, 9.17) is 9.26 Å². The third-order valence-corrected chi connectivity index (χ3v) is 3.70. The minimum atomic E-state index is 0.198. The Morgan fingerprint density at radius 1 is 1.35 bits per heavy atom. The summed E-state index contributed by atoms with van der Waals surface area (Å²) in [5.41, 5.74) is 2.02. The van der Waals surface area contributed by atoms with Gasteiger partial charge in [-0.25, -0.2) is 0 Å². The van der Waals surface area contributed by atoms with Crippen LogP contribution in [0.2, 0.25) is 0 Å². The van der Waals surface area contributed by atoms with Crippen LogP contribution in [-0.2, 0) is 0 Å². The first-order valence-corrected chi connectivity index (χ1v) is 7.00. The highest BCUT2D eigenvalue weighted by molar-refractivity contribution is 5.58. The van der Waals surface area contributed by atoms with Gasteiger partial charge in [-0.1, -0.05) is 11.6 Å². The molecule has 1 fully saturated rings. The van der Waals surface area contributed by atoms with E-state index < -0.39 is 0 Å². The number of nitrogens with zero attached hydrogens (tertiary/aromatic N) is 2. The van der Waals surface area contributed by atoms with Gasteiger partial charge in [0.05, 0.1) is 13.2 Å². The lowest BCUT2D eigenvalue weighted by Crippen LogP contribution is -2.26. The molecule has 2 heterocycles. The molecule has 1 aliphatic rings. The van der Waals surface area contributed by atoms with Crippen LogP contribution in [0, 0.1) is 6.92 Å². The van der Waals surface area contributed by atoms with Crippen molar-refractivity contribution in [2.24, 2.45) is 0 Å². The van der Waals surface area contributed by atoms with Crippen LogP contribution in [0.15, 0.2) is 22.7 Å². The molecule has 106 valence electrons. The third kappa shape index (κ3) is 2.54. The second-order valence-electron chi connectivity index (χ2n) is 5.14. The summed E-state index contributed by atoms with van der Waals surface area (Å²) in [6, 6.07) is 6.10. The summed E-state index contributed by atoms with van der Waals surface area (Å²) >= 11 is 0. The average Bonchev–Trinajstić information content (AvgIpc) is 2.98. The first-order valence-electron chi connectivity index (χ1n) is 7.00. The van der Waals surface area contributed by atoms with Gasteiger partial charge in [0.1, 0.15) is 5.75 Å². The normalized spacial score (nSPS) is 19.0. The van der Waals surface area contributed by atoms with Gasteiger partial charge in [0.25, 0.3) is 0 Å². The van der Waals surface area contributed by atoms with Crippen molar-refractivity contribution in [3.63, 3.8) is 0 Å². The van der Waals surface area contributed by atoms with Crippen molar-refractivity contribution in [1.82, 2.24) is 15.5 Å². The van der Waals surface area contributed by atoms with Crippen molar-refractivity contribution >= 4 is 0 Å². The maximum Gasteiger partial charge on any atom is 0.244 e. The topological polar surface area (TPSA) is 60.2 Å². The van der Waals surface area contributed by atoms with E-state index in [1.165, 1.54) is 12.8 Å². The summed E-state index contributed by atoms with van der Waals surface area (Å²) in [5.74, 6) is 2.19. The molecule has 2 aromatic rings. The number of rotatable bonds is 3. The number of hydrogen-bond donors (Lipinski definition) is 1. The van der Waals surface area contributed by atoms with Crippen LogP contribution in [-0.4, -0.2) is 23.8 Å². The number of nitrogens with one attached hydrogen (secondary N) is 1. The van der Waals surface area contributed by atoms with Crippen molar-refractivity contribution in [3.8, 4) is 17.1 Å². The van der Waals surface area contributed by atoms with E-state index in [1.54, 1.807) is 7.11 Å². The van der Waals surface area contributed by atoms with Gasteiger partial charge in [-0.3, -0.25) is 0 Å². The minimum absolute atomic E-state index is 0.198. The molecular formula is C15H19N3O2. The van der Waals surface area contributed by atoms with Gasteiger partial charge >= 0.3 is 0 Å². The molecule has 0 amide bonds. The van der Waals surface area contributed by atoms with Crippen LogP contribution in [0.3, 0.4) is 0 Å². The quantitative estimate of drug-likeness (QED) is 0.931. The van der Waals surface area contributed by atoms with Gasteiger partial charge in [-0.15, -0.1) is 0 Å². The van der Waals surface area contributed by atoms with Crippen LogP contribution in [0.1, 0.15) is 36.8 Å². The van der Waals surface area contributed by atoms with Crippen LogP contribution < -0.4 is 10.1 Å². The highest BCUT2D eigenvalue weighted by atomic mass is 16.5. The van der Waals surface area contributed by atoms with Gasteiger partial charge in [0.2, 0.25) is 11.7 Å². The molecule has 3 rings (SSSR count). The zero-order valence-electron chi connectivity index (χ0n) is 11.8. The second-order valence-corrected chi connectivity index (χ2v) is 5.14. The molecule has 5 heteroatoms. The zero-order chi connectivity index (χ0) is 13.9. The SMILES string of the molecule is COc1ccc(-c2noc(C3CCCCN3)n2)cc1C. The van der Waals surface area contributed by atoms with Crippen LogP contribution in [0.25, 0.3) is 11.4 Å². The third-order valence-electron chi connectivity index (χ3n) is 3.70. The maximum atomic E-state index is 5.40. The number of aromatic nitrogens is 2. The molecule has 20 heavy (non-hydrogen) atoms. The lowest BCUT2D eigenvalue weighted by molar-refractivity contribution is 0.297. The molecule has 0 spiro atoms. The van der Waals surface area contributed by atoms with E-state index in [2.05, 4.69) is 15.5 Å². The highest BCUT2D eigenvalue weighted by Gasteiger charge is 2.21. The Bertz CT molecular complexity index is 589. The number of hydrogen-bond acceptors (Lipinski definition) is 5. The van der Waals surface area contributed by atoms with Crippen LogP contribution in [0.5, 0.6) is 5.75 Å². The fourth-order valence-electron chi connectivity index (χ4n) is 2.57. The number of aryl methyl sites for hydroxylation is 1. The first-order chi connectivity index (χ1) is 9.78. The molecule has 0 radical (unpaired) electrons. The van der Waals surface area contributed by atoms with Gasteiger partial charge < -0.3 is 14.6 Å². The fraction of sp³-hybridized carbons (Fsp3) is 0.467. The van der Waals surface area contributed by atoms with Crippen molar-refractivity contribution in [3.05, 3.63) is 29.7 Å². The molecule has 1 atom stereocenters. The Morgan fingerprint density at radius 2 is 2.25 bits per heavy atom. The number of benzene rings is 1. The fourth-order valence-corrected chi connectivity index (χ4v) is 2.57. The minimum Gasteiger partial charge on any atom is -0.496 e. The number of ether oxygens (including phenoxy) is 1. The predicted octanol–water partition coefficient (Wildman–Crippen LogP) is 2.87. The van der Waals surface area contributed by atoms with Gasteiger partial charge in [-0.05, 0) is 50.1 Å². The molecule has 0 bridgehead atoms. The van der Waals surface area contributed by atoms with Gasteiger partial charge in [-0.2, -0.15) is 4.98 Å². The van der Waals surface area contributed by atoms with Crippen LogP contribution >= 0.6 is 0 Å². The maximum absolute atomic E-state index is 5.40. The summed E-state index contributed by atoms with van der Waals surface area (Å²) in [7, 11) is 1.67. The molecule has 1 aliphatic heterocycles. The summed E-state index contributed by atoms with van der Waals surface area (Å²) in [6.45, 7) is 3.02. The van der Waals surface area contributed by atoms with Crippen molar-refractivity contribution in [2.75, 3.05) is 13.7 Å². The van der Waals surface area contributed by atoms with E-state index in [9.17, 15) is 0 Å². The largest absolute Gasteiger partial charge is 0.496 e. The molecule has 0 aliphatic carbocycles. The Labute approximate surface area is 118 Å². The average molecular weight is 273 g/mol. The first kappa shape index (κ1) is 13.1. The van der Waals surface area contributed by atoms with Gasteiger partial charge in [0.15, 0.2) is 0 Å². The molecule has 1 saturated heterocycles. The molecule has 1 unspecified atom stereocenters. The van der Waals surface area contributed by atoms with Gasteiger partial charge in [0, 0.05) is 5.56 Å². The molecular weight excluding hydrogens is 254 g/mol. The van der Waals surface area contributed by atoms with Crippen molar-refractivity contribution in [1.29, 1.82) is 0 Å². The Balaban J connectivity index is 1.84. The number of piperidine rings is 1. The Kier molecular flexibility index (Phi) is 3.69. The van der Waals surface area contributed by atoms with E-state index in [-0.39, 0.29) is 6.04 Å². The summed E-state index contributed by atoms with van der Waals surface area (Å²) < 4.78 is 10.7. The predicted molar refractivity (Wildman–Crippen MR) is 75.6 cm³/mol. The van der Waals surface area contributed by atoms with E-state index in [0.717, 1.165) is 29.8 Å². The zero-order valence-corrected chi connectivity index (χ0v) is 11.8. The monoisotopic (exact) mass is 273 g/mol. The van der Waals surface area contributed by atoms with Crippen LogP contribution in [0.4, 0.5) is 0 Å². The molecule has 0 saturated carbocycles. The van der Waals surface area contributed by atoms with E-state index in [1.807, 2.05) is 25.1 Å². The van der Waals surface area contributed by atoms with Crippen molar-refractivity contribution < 1.29 is 9.26 Å². The van der Waals surface area contributed by atoms with E-state index in [0.29, 0.717) is 11.7 Å². The molecule has 1 aromatic carbocycles. The standard InChI is InChI=1S/C15H19N3O2/c1-10-9-11(6-7-13(10)19-2)14-17-15(20-18-14)12-5-3-4-8-16-12/h6-7,9,12,16H,3-5,8H2,1-2H3. The lowest BCUT2D eigenvalue weighted by atomic mass is 10.1. The summed E-state index contributed by atoms with van der Waals surface area (Å²) in [5, 5.41) is 7.50. The van der Waals surface area contributed by atoms with E-state index >= 15 is 0 Å². The Morgan fingerprint density at radius 3 is 2.95 bits per heavy atom. The summed E-state index contributed by atoms with van der Waals surface area (Å²) in [4.78, 5) is 4.52.